The molecule has 31 heavy (non-hydrogen) atoms. The molecule has 7 heteroatoms. The molecule has 166 valence electrons. The van der Waals surface area contributed by atoms with Gasteiger partial charge in [-0.1, -0.05) is 12.1 Å². The first-order valence-corrected chi connectivity index (χ1v) is 11.2. The number of rotatable bonds is 6. The number of hydrogen-bond acceptors (Lipinski definition) is 6. The normalized spacial score (nSPS) is 19.8. The Bertz CT molecular complexity index is 942. The van der Waals surface area contributed by atoms with Crippen LogP contribution in [0.1, 0.15) is 46.0 Å². The van der Waals surface area contributed by atoms with Gasteiger partial charge in [-0.25, -0.2) is 4.79 Å². The van der Waals surface area contributed by atoms with E-state index in [1.807, 2.05) is 30.3 Å². The molecule has 7 nitrogen and oxygen atoms in total. The first-order valence-electron chi connectivity index (χ1n) is 11.2. The van der Waals surface area contributed by atoms with Gasteiger partial charge in [0.1, 0.15) is 11.3 Å². The van der Waals surface area contributed by atoms with Gasteiger partial charge in [0, 0.05) is 37.8 Å². The second-order valence-electron chi connectivity index (χ2n) is 8.39. The zero-order valence-electron chi connectivity index (χ0n) is 18.1. The molecule has 2 aliphatic heterocycles. The molecule has 2 aromatic rings. The van der Waals surface area contributed by atoms with Gasteiger partial charge in [0.15, 0.2) is 0 Å². The van der Waals surface area contributed by atoms with E-state index < -0.39 is 11.5 Å². The van der Waals surface area contributed by atoms with Crippen LogP contribution in [-0.4, -0.2) is 56.7 Å². The lowest BCUT2D eigenvalue weighted by molar-refractivity contribution is 0.0384. The van der Waals surface area contributed by atoms with E-state index >= 15 is 0 Å². The fraction of sp³-hybridized carbons (Fsp3) is 0.500. The van der Waals surface area contributed by atoms with Crippen LogP contribution in [0.3, 0.4) is 0 Å². The summed E-state index contributed by atoms with van der Waals surface area (Å²) in [5, 5.41) is 6.16. The maximum Gasteiger partial charge on any atom is 0.349 e. The number of carbonyl (C=O) groups is 1. The van der Waals surface area contributed by atoms with Crippen LogP contribution in [0.4, 0.5) is 5.69 Å². The summed E-state index contributed by atoms with van der Waals surface area (Å²) in [6, 6.07) is 9.63. The van der Waals surface area contributed by atoms with E-state index in [1.54, 1.807) is 6.92 Å². The third-order valence-corrected chi connectivity index (χ3v) is 6.13. The molecule has 3 heterocycles. The van der Waals surface area contributed by atoms with Crippen molar-refractivity contribution in [1.29, 1.82) is 0 Å². The fourth-order valence-corrected chi connectivity index (χ4v) is 4.26. The number of nitrogens with zero attached hydrogens (tertiary/aromatic N) is 1. The molecule has 1 unspecified atom stereocenters. The Morgan fingerprint density at radius 2 is 2.00 bits per heavy atom. The fourth-order valence-electron chi connectivity index (χ4n) is 4.26. The van der Waals surface area contributed by atoms with E-state index in [2.05, 4.69) is 15.5 Å². The lowest BCUT2D eigenvalue weighted by Gasteiger charge is -2.26. The van der Waals surface area contributed by atoms with E-state index in [0.29, 0.717) is 17.0 Å². The van der Waals surface area contributed by atoms with E-state index in [9.17, 15) is 9.59 Å². The molecule has 0 spiro atoms. The average molecular weight is 426 g/mol. The molecule has 1 amide bonds. The monoisotopic (exact) mass is 425 g/mol. The Hall–Kier alpha value is -2.48. The zero-order chi connectivity index (χ0) is 21.6. The third kappa shape index (κ3) is 5.61. The molecule has 4 rings (SSSR count). The number of ether oxygens (including phenoxy) is 1. The molecule has 2 N–H and O–H groups in total. The van der Waals surface area contributed by atoms with Gasteiger partial charge in [0.25, 0.3) is 5.91 Å². The maximum absolute atomic E-state index is 12.8. The number of aryl methyl sites for hydroxylation is 1. The molecule has 0 radical (unpaired) electrons. The van der Waals surface area contributed by atoms with Crippen LogP contribution >= 0.6 is 0 Å². The first-order chi connectivity index (χ1) is 15.1. The largest absolute Gasteiger partial charge is 0.427 e. The summed E-state index contributed by atoms with van der Waals surface area (Å²) in [4.78, 5) is 27.7. The predicted molar refractivity (Wildman–Crippen MR) is 120 cm³/mol. The highest BCUT2D eigenvalue weighted by Gasteiger charge is 2.22. The zero-order valence-corrected chi connectivity index (χ0v) is 18.1. The molecule has 0 saturated carbocycles. The van der Waals surface area contributed by atoms with Gasteiger partial charge >= 0.3 is 5.63 Å². The number of hydrogen-bond donors (Lipinski definition) is 2. The Balaban J connectivity index is 1.37. The SMILES string of the molecule is Cc1cc(C2CCCNC2)oc(=O)c1C(=O)Nc1ccc(CCN2CCOCC2)cc1. The lowest BCUT2D eigenvalue weighted by atomic mass is 9.95. The molecular formula is C24H31N3O4. The summed E-state index contributed by atoms with van der Waals surface area (Å²) in [5.41, 5.74) is 2.03. The van der Waals surface area contributed by atoms with Crippen LogP contribution < -0.4 is 16.3 Å². The van der Waals surface area contributed by atoms with E-state index in [1.165, 1.54) is 5.56 Å². The van der Waals surface area contributed by atoms with Crippen molar-refractivity contribution in [3.05, 3.63) is 63.2 Å². The Kier molecular flexibility index (Phi) is 7.17. The van der Waals surface area contributed by atoms with Crippen LogP contribution in [-0.2, 0) is 11.2 Å². The van der Waals surface area contributed by atoms with E-state index in [0.717, 1.165) is 65.2 Å². The summed E-state index contributed by atoms with van der Waals surface area (Å²) < 4.78 is 10.9. The van der Waals surface area contributed by atoms with Crippen molar-refractivity contribution in [3.63, 3.8) is 0 Å². The number of anilines is 1. The number of benzene rings is 1. The molecule has 1 atom stereocenters. The van der Waals surface area contributed by atoms with Crippen molar-refractivity contribution >= 4 is 11.6 Å². The van der Waals surface area contributed by atoms with Crippen LogP contribution in [0.25, 0.3) is 0 Å². The summed E-state index contributed by atoms with van der Waals surface area (Å²) in [6.45, 7) is 8.14. The van der Waals surface area contributed by atoms with E-state index in [-0.39, 0.29) is 11.5 Å². The third-order valence-electron chi connectivity index (χ3n) is 6.13. The Morgan fingerprint density at radius 3 is 2.68 bits per heavy atom. The van der Waals surface area contributed by atoms with Gasteiger partial charge < -0.3 is 19.8 Å². The number of amides is 1. The van der Waals surface area contributed by atoms with Gasteiger partial charge in [-0.05, 0) is 62.1 Å². The topological polar surface area (TPSA) is 83.8 Å². The minimum absolute atomic E-state index is 0.0731. The quantitative estimate of drug-likeness (QED) is 0.740. The number of piperidine rings is 1. The van der Waals surface area contributed by atoms with Gasteiger partial charge in [-0.3, -0.25) is 9.69 Å². The van der Waals surface area contributed by atoms with Crippen LogP contribution in [0.5, 0.6) is 0 Å². The second-order valence-corrected chi connectivity index (χ2v) is 8.39. The molecule has 2 fully saturated rings. The molecule has 2 saturated heterocycles. The van der Waals surface area contributed by atoms with Crippen molar-refractivity contribution in [3.8, 4) is 0 Å². The predicted octanol–water partition coefficient (Wildman–Crippen LogP) is 2.54. The van der Waals surface area contributed by atoms with Crippen LogP contribution in [0, 0.1) is 6.92 Å². The number of carbonyl (C=O) groups excluding carboxylic acids is 1. The summed E-state index contributed by atoms with van der Waals surface area (Å²) in [6.07, 6.45) is 2.99. The molecule has 0 aliphatic carbocycles. The first kappa shape index (κ1) is 21.7. The van der Waals surface area contributed by atoms with Gasteiger partial charge in [-0.2, -0.15) is 0 Å². The van der Waals surface area contributed by atoms with E-state index in [4.69, 9.17) is 9.15 Å². The lowest BCUT2D eigenvalue weighted by Crippen LogP contribution is -2.37. The number of morpholine rings is 1. The minimum Gasteiger partial charge on any atom is -0.427 e. The highest BCUT2D eigenvalue weighted by molar-refractivity contribution is 6.04. The van der Waals surface area contributed by atoms with Crippen molar-refractivity contribution in [1.82, 2.24) is 10.2 Å². The highest BCUT2D eigenvalue weighted by Crippen LogP contribution is 2.24. The second kappa shape index (κ2) is 10.2. The minimum atomic E-state index is -0.569. The summed E-state index contributed by atoms with van der Waals surface area (Å²) >= 11 is 0. The van der Waals surface area contributed by atoms with Crippen molar-refractivity contribution < 1.29 is 13.9 Å². The molecule has 1 aromatic heterocycles. The standard InChI is InChI=1S/C24H31N3O4/c1-17-15-21(19-3-2-9-25-16-19)31-24(29)22(17)23(28)26-20-6-4-18(5-7-20)8-10-27-11-13-30-14-12-27/h4-7,15,19,25H,2-3,8-14,16H2,1H3,(H,26,28). The van der Waals surface area contributed by atoms with Crippen molar-refractivity contribution in [2.75, 3.05) is 51.3 Å². The summed E-state index contributed by atoms with van der Waals surface area (Å²) in [5.74, 6) is 0.416. The maximum atomic E-state index is 12.8. The Morgan fingerprint density at radius 1 is 1.23 bits per heavy atom. The molecule has 2 aliphatic rings. The summed E-state index contributed by atoms with van der Waals surface area (Å²) in [7, 11) is 0. The van der Waals surface area contributed by atoms with Crippen LogP contribution in [0.2, 0.25) is 0 Å². The average Bonchev–Trinajstić information content (AvgIpc) is 2.79. The highest BCUT2D eigenvalue weighted by atomic mass is 16.5. The van der Waals surface area contributed by atoms with Gasteiger partial charge in [0.05, 0.1) is 13.2 Å². The van der Waals surface area contributed by atoms with Crippen molar-refractivity contribution in [2.24, 2.45) is 0 Å². The smallest absolute Gasteiger partial charge is 0.349 e. The Labute approximate surface area is 182 Å². The van der Waals surface area contributed by atoms with Gasteiger partial charge in [0.2, 0.25) is 0 Å². The van der Waals surface area contributed by atoms with Crippen molar-refractivity contribution in [2.45, 2.75) is 32.1 Å². The molecular weight excluding hydrogens is 394 g/mol. The molecule has 0 bridgehead atoms. The van der Waals surface area contributed by atoms with Gasteiger partial charge in [-0.15, -0.1) is 0 Å². The molecule has 1 aromatic carbocycles. The van der Waals surface area contributed by atoms with Crippen LogP contribution in [0.15, 0.2) is 39.5 Å². The number of nitrogens with one attached hydrogen (secondary N) is 2.